The molecule has 1 aliphatic carbocycles. The lowest BCUT2D eigenvalue weighted by Crippen LogP contribution is -2.16. The quantitative estimate of drug-likeness (QED) is 0.186. The summed E-state index contributed by atoms with van der Waals surface area (Å²) in [7, 11) is 6.43. The van der Waals surface area contributed by atoms with Crippen LogP contribution in [0.1, 0.15) is 42.6 Å². The number of ketones is 3. The molecule has 0 atom stereocenters. The standard InChI is InChI=1S/C11H14O3.C11H16O2.C8Cl2N2O2/c1-4-9(12)8-5-6-10(13-2)11(7-8)14-3;1-4-5-9-6-7-10(12-2)11(8-9)13-3;1-11-5-6(12-2)8(14)4(10)3(9)7(5)13/h5-7H,4H2,1-3H3;6-8H,4-5H2,1-3H3;. The Morgan fingerprint density at radius 3 is 1.56 bits per heavy atom. The molecule has 0 fully saturated rings. The highest BCUT2D eigenvalue weighted by Gasteiger charge is 2.34. The fourth-order valence-electron chi connectivity index (χ4n) is 3.37. The molecule has 0 aliphatic heterocycles. The van der Waals surface area contributed by atoms with Gasteiger partial charge in [0.2, 0.25) is 11.4 Å². The van der Waals surface area contributed by atoms with Crippen molar-refractivity contribution in [3.05, 3.63) is 91.8 Å². The van der Waals surface area contributed by atoms with Crippen LogP contribution < -0.4 is 18.9 Å². The van der Waals surface area contributed by atoms with E-state index in [0.29, 0.717) is 23.5 Å². The zero-order valence-electron chi connectivity index (χ0n) is 23.6. The third-order valence-corrected chi connectivity index (χ3v) is 6.30. The van der Waals surface area contributed by atoms with E-state index in [1.807, 2.05) is 19.1 Å². The van der Waals surface area contributed by atoms with E-state index in [2.05, 4.69) is 22.7 Å². The summed E-state index contributed by atoms with van der Waals surface area (Å²) < 4.78 is 20.5. The summed E-state index contributed by atoms with van der Waals surface area (Å²) in [5.41, 5.74) is 0.809. The number of hydrogen-bond donors (Lipinski definition) is 0. The van der Waals surface area contributed by atoms with Crippen LogP contribution in [0.15, 0.2) is 57.9 Å². The number of aryl methyl sites for hydroxylation is 1. The fourth-order valence-corrected chi connectivity index (χ4v) is 3.72. The highest BCUT2D eigenvalue weighted by atomic mass is 35.5. The Hall–Kier alpha value is -4.31. The third-order valence-electron chi connectivity index (χ3n) is 5.48. The molecule has 216 valence electrons. The minimum Gasteiger partial charge on any atom is -0.493 e. The summed E-state index contributed by atoms with van der Waals surface area (Å²) in [6.45, 7) is 17.3. The smallest absolute Gasteiger partial charge is 0.246 e. The molecule has 0 N–H and O–H groups in total. The van der Waals surface area contributed by atoms with E-state index in [9.17, 15) is 14.4 Å². The number of allylic oxidation sites excluding steroid dienone is 2. The molecule has 0 aromatic heterocycles. The lowest BCUT2D eigenvalue weighted by atomic mass is 10.1. The average Bonchev–Trinajstić information content (AvgIpc) is 3.01. The maximum absolute atomic E-state index is 11.4. The predicted molar refractivity (Wildman–Crippen MR) is 157 cm³/mol. The van der Waals surface area contributed by atoms with E-state index in [-0.39, 0.29) is 5.78 Å². The van der Waals surface area contributed by atoms with E-state index in [4.69, 9.17) is 55.3 Å². The first kappa shape index (κ1) is 34.7. The van der Waals surface area contributed by atoms with Gasteiger partial charge in [0, 0.05) is 12.0 Å². The van der Waals surface area contributed by atoms with Gasteiger partial charge in [0.1, 0.15) is 0 Å². The average molecular weight is 601 g/mol. The first-order valence-electron chi connectivity index (χ1n) is 12.2. The predicted octanol–water partition coefficient (Wildman–Crippen LogP) is 6.83. The summed E-state index contributed by atoms with van der Waals surface area (Å²) in [4.78, 5) is 39.4. The van der Waals surface area contributed by atoms with Gasteiger partial charge in [0.05, 0.1) is 51.6 Å². The summed E-state index contributed by atoms with van der Waals surface area (Å²) in [5.74, 6) is 1.18. The third kappa shape index (κ3) is 9.11. The molecular formula is C30H30Cl2N2O7. The van der Waals surface area contributed by atoms with Crippen LogP contribution >= 0.6 is 23.2 Å². The Labute approximate surface area is 249 Å². The van der Waals surface area contributed by atoms with Crippen molar-refractivity contribution in [1.82, 2.24) is 0 Å². The zero-order chi connectivity index (χ0) is 31.1. The SMILES string of the molecule is CCC(=O)c1ccc(OC)c(OC)c1.CCCc1ccc(OC)c(OC)c1.[C-]#[N+]C1=C([N+]#[C-])C(=O)C(Cl)=C(Cl)C1=O. The Kier molecular flexibility index (Phi) is 14.7. The molecule has 0 saturated heterocycles. The monoisotopic (exact) mass is 600 g/mol. The maximum Gasteiger partial charge on any atom is 0.246 e. The van der Waals surface area contributed by atoms with Crippen molar-refractivity contribution >= 4 is 40.6 Å². The van der Waals surface area contributed by atoms with Crippen LogP contribution in [0.25, 0.3) is 9.69 Å². The Bertz CT molecular complexity index is 1390. The summed E-state index contributed by atoms with van der Waals surface area (Å²) in [6, 6.07) is 11.2. The van der Waals surface area contributed by atoms with Crippen molar-refractivity contribution in [3.8, 4) is 23.0 Å². The maximum atomic E-state index is 11.4. The molecule has 11 heteroatoms. The Morgan fingerprint density at radius 1 is 0.732 bits per heavy atom. The van der Waals surface area contributed by atoms with E-state index < -0.39 is 33.0 Å². The lowest BCUT2D eigenvalue weighted by molar-refractivity contribution is -0.115. The minimum absolute atomic E-state index is 0.103. The second kappa shape index (κ2) is 17.4. The van der Waals surface area contributed by atoms with E-state index in [0.717, 1.165) is 24.3 Å². The van der Waals surface area contributed by atoms with Gasteiger partial charge < -0.3 is 28.5 Å². The minimum atomic E-state index is -0.878. The molecule has 41 heavy (non-hydrogen) atoms. The number of nitrogens with zero attached hydrogens (tertiary/aromatic N) is 2. The molecule has 2 aromatic carbocycles. The number of Topliss-reactive ketones (excluding diaryl/α,β-unsaturated/α-hetero) is 3. The molecule has 0 amide bonds. The van der Waals surface area contributed by atoms with E-state index in [1.54, 1.807) is 46.6 Å². The van der Waals surface area contributed by atoms with Gasteiger partial charge in [0.15, 0.2) is 40.3 Å². The molecule has 3 rings (SSSR count). The number of benzene rings is 2. The van der Waals surface area contributed by atoms with Crippen LogP contribution in [0.3, 0.4) is 0 Å². The second-order valence-electron chi connectivity index (χ2n) is 7.99. The molecule has 0 unspecified atom stereocenters. The molecule has 2 aromatic rings. The number of carbonyl (C=O) groups is 3. The zero-order valence-corrected chi connectivity index (χ0v) is 25.1. The van der Waals surface area contributed by atoms with Gasteiger partial charge in [-0.1, -0.05) is 49.5 Å². The van der Waals surface area contributed by atoms with Crippen molar-refractivity contribution in [2.24, 2.45) is 0 Å². The largest absolute Gasteiger partial charge is 0.493 e. The van der Waals surface area contributed by atoms with Gasteiger partial charge >= 0.3 is 0 Å². The Morgan fingerprint density at radius 2 is 1.17 bits per heavy atom. The highest BCUT2D eigenvalue weighted by Crippen LogP contribution is 2.31. The number of rotatable bonds is 8. The molecular weight excluding hydrogens is 571 g/mol. The summed E-state index contributed by atoms with van der Waals surface area (Å²) in [5, 5.41) is -1.01. The number of ether oxygens (including phenoxy) is 4. The van der Waals surface area contributed by atoms with Crippen LogP contribution in [0.2, 0.25) is 0 Å². The van der Waals surface area contributed by atoms with Crippen LogP contribution in [0, 0.1) is 13.1 Å². The molecule has 1 aliphatic rings. The van der Waals surface area contributed by atoms with Crippen LogP contribution in [0.5, 0.6) is 23.0 Å². The van der Waals surface area contributed by atoms with Gasteiger partial charge in [-0.25, -0.2) is 9.69 Å². The summed E-state index contributed by atoms with van der Waals surface area (Å²) >= 11 is 10.8. The fraction of sp³-hybridized carbons (Fsp3) is 0.300. The number of carbonyl (C=O) groups excluding carboxylic acids is 3. The number of methoxy groups -OCH3 is 4. The summed E-state index contributed by atoms with van der Waals surface area (Å²) in [6.07, 6.45) is 2.73. The molecule has 0 heterocycles. The molecule has 0 bridgehead atoms. The van der Waals surface area contributed by atoms with Gasteiger partial charge in [-0.15, -0.1) is 0 Å². The van der Waals surface area contributed by atoms with Gasteiger partial charge in [0.25, 0.3) is 0 Å². The van der Waals surface area contributed by atoms with Crippen molar-refractivity contribution < 1.29 is 33.3 Å². The molecule has 9 nitrogen and oxygen atoms in total. The first-order valence-corrected chi connectivity index (χ1v) is 12.9. The topological polar surface area (TPSA) is 96.8 Å². The molecule has 0 spiro atoms. The van der Waals surface area contributed by atoms with Crippen molar-refractivity contribution in [3.63, 3.8) is 0 Å². The van der Waals surface area contributed by atoms with E-state index >= 15 is 0 Å². The molecule has 0 saturated carbocycles. The van der Waals surface area contributed by atoms with Gasteiger partial charge in [-0.05, 0) is 42.3 Å². The van der Waals surface area contributed by atoms with Crippen molar-refractivity contribution in [2.75, 3.05) is 28.4 Å². The lowest BCUT2D eigenvalue weighted by Gasteiger charge is -2.08. The van der Waals surface area contributed by atoms with Crippen molar-refractivity contribution in [2.45, 2.75) is 33.1 Å². The van der Waals surface area contributed by atoms with Crippen LogP contribution in [0.4, 0.5) is 0 Å². The van der Waals surface area contributed by atoms with E-state index in [1.165, 1.54) is 5.56 Å². The first-order chi connectivity index (χ1) is 19.6. The number of hydrogen-bond acceptors (Lipinski definition) is 7. The number of halogens is 2. The normalized spacial score (nSPS) is 12.1. The second-order valence-corrected chi connectivity index (χ2v) is 8.75. The van der Waals surface area contributed by atoms with Crippen LogP contribution in [-0.2, 0) is 16.0 Å². The Balaban J connectivity index is 0.000000308. The van der Waals surface area contributed by atoms with Gasteiger partial charge in [-0.2, -0.15) is 0 Å². The van der Waals surface area contributed by atoms with Crippen LogP contribution in [-0.4, -0.2) is 45.8 Å². The molecule has 0 radical (unpaired) electrons. The van der Waals surface area contributed by atoms with Crippen molar-refractivity contribution in [1.29, 1.82) is 0 Å². The van der Waals surface area contributed by atoms with Gasteiger partial charge in [-0.3, -0.25) is 4.79 Å². The highest BCUT2D eigenvalue weighted by molar-refractivity contribution is 6.59.